The lowest BCUT2D eigenvalue weighted by Crippen LogP contribution is -2.39. The van der Waals surface area contributed by atoms with Crippen molar-refractivity contribution in [3.05, 3.63) is 17.0 Å². The van der Waals surface area contributed by atoms with Gasteiger partial charge in [-0.1, -0.05) is 0 Å². The Hall–Kier alpha value is -0.510. The zero-order chi connectivity index (χ0) is 14.4. The first-order valence-electron chi connectivity index (χ1n) is 6.54. The van der Waals surface area contributed by atoms with Gasteiger partial charge in [0.15, 0.2) is 0 Å². The molecule has 0 aliphatic carbocycles. The molecule has 1 aromatic heterocycles. The largest absolute Gasteiger partial charge is 0.376 e. The molecule has 1 atom stereocenters. The van der Waals surface area contributed by atoms with Crippen LogP contribution in [0.3, 0.4) is 0 Å². The van der Waals surface area contributed by atoms with Crippen molar-refractivity contribution in [2.45, 2.75) is 16.7 Å². The van der Waals surface area contributed by atoms with Crippen molar-refractivity contribution in [1.82, 2.24) is 10.0 Å². The quantitative estimate of drug-likeness (QED) is 0.751. The van der Waals surface area contributed by atoms with Crippen LogP contribution in [0, 0.1) is 0 Å². The molecule has 6 nitrogen and oxygen atoms in total. The standard InChI is InChI=1S/C12H20N2O4S2/c1-13-5-4-11-2-3-12(19-11)20(15,16)14-8-10-9-17-6-7-18-10/h2-3,10,13-14H,4-9H2,1H3. The SMILES string of the molecule is CNCCc1ccc(S(=O)(=O)NCC2COCCO2)s1. The smallest absolute Gasteiger partial charge is 0.250 e. The van der Waals surface area contributed by atoms with Crippen LogP contribution in [0.5, 0.6) is 0 Å². The lowest BCUT2D eigenvalue weighted by molar-refractivity contribution is -0.0846. The first-order chi connectivity index (χ1) is 9.62. The van der Waals surface area contributed by atoms with E-state index < -0.39 is 10.0 Å². The van der Waals surface area contributed by atoms with E-state index in [0.29, 0.717) is 24.0 Å². The van der Waals surface area contributed by atoms with E-state index in [2.05, 4.69) is 10.0 Å². The van der Waals surface area contributed by atoms with Crippen LogP contribution in [0.15, 0.2) is 16.3 Å². The molecular weight excluding hydrogens is 300 g/mol. The molecule has 1 fully saturated rings. The van der Waals surface area contributed by atoms with E-state index in [-0.39, 0.29) is 12.6 Å². The molecule has 8 heteroatoms. The van der Waals surface area contributed by atoms with Gasteiger partial charge in [0.05, 0.1) is 25.9 Å². The topological polar surface area (TPSA) is 76.7 Å². The van der Waals surface area contributed by atoms with Gasteiger partial charge in [0.1, 0.15) is 4.21 Å². The third-order valence-electron chi connectivity index (χ3n) is 2.91. The molecule has 0 radical (unpaired) electrons. The molecule has 1 aromatic rings. The predicted molar refractivity (Wildman–Crippen MR) is 77.7 cm³/mol. The van der Waals surface area contributed by atoms with Gasteiger partial charge in [-0.25, -0.2) is 13.1 Å². The van der Waals surface area contributed by atoms with Gasteiger partial charge < -0.3 is 14.8 Å². The zero-order valence-corrected chi connectivity index (χ0v) is 13.1. The molecule has 1 aliphatic heterocycles. The van der Waals surface area contributed by atoms with Gasteiger partial charge in [0.2, 0.25) is 10.0 Å². The summed E-state index contributed by atoms with van der Waals surface area (Å²) in [6, 6.07) is 3.51. The van der Waals surface area contributed by atoms with Crippen LogP contribution in [-0.4, -0.2) is 54.5 Å². The molecule has 2 rings (SSSR count). The van der Waals surface area contributed by atoms with Gasteiger partial charge in [0.25, 0.3) is 0 Å². The van der Waals surface area contributed by atoms with Crippen LogP contribution < -0.4 is 10.0 Å². The molecule has 0 amide bonds. The molecule has 2 heterocycles. The number of hydrogen-bond donors (Lipinski definition) is 2. The summed E-state index contributed by atoms with van der Waals surface area (Å²) in [4.78, 5) is 1.05. The third kappa shape index (κ3) is 4.51. The Kier molecular flexibility index (Phi) is 5.94. The Bertz CT molecular complexity index is 509. The van der Waals surface area contributed by atoms with Gasteiger partial charge in [0, 0.05) is 11.4 Å². The maximum atomic E-state index is 12.1. The molecule has 1 unspecified atom stereocenters. The van der Waals surface area contributed by atoms with Gasteiger partial charge in [-0.3, -0.25) is 0 Å². The van der Waals surface area contributed by atoms with Gasteiger partial charge >= 0.3 is 0 Å². The molecule has 20 heavy (non-hydrogen) atoms. The zero-order valence-electron chi connectivity index (χ0n) is 11.4. The lowest BCUT2D eigenvalue weighted by Gasteiger charge is -2.22. The van der Waals surface area contributed by atoms with E-state index in [0.717, 1.165) is 17.8 Å². The molecule has 0 saturated carbocycles. The monoisotopic (exact) mass is 320 g/mol. The Morgan fingerprint density at radius 1 is 1.40 bits per heavy atom. The van der Waals surface area contributed by atoms with E-state index in [1.54, 1.807) is 6.07 Å². The van der Waals surface area contributed by atoms with Crippen molar-refractivity contribution in [1.29, 1.82) is 0 Å². The van der Waals surface area contributed by atoms with Crippen molar-refractivity contribution < 1.29 is 17.9 Å². The van der Waals surface area contributed by atoms with E-state index in [4.69, 9.17) is 9.47 Å². The molecule has 0 aromatic carbocycles. The number of thiophene rings is 1. The second-order valence-electron chi connectivity index (χ2n) is 4.49. The summed E-state index contributed by atoms with van der Waals surface area (Å²) in [6.45, 7) is 2.59. The molecular formula is C12H20N2O4S2. The number of hydrogen-bond acceptors (Lipinski definition) is 6. The van der Waals surface area contributed by atoms with Crippen LogP contribution in [0.2, 0.25) is 0 Å². The number of sulfonamides is 1. The third-order valence-corrected chi connectivity index (χ3v) is 5.97. The van der Waals surface area contributed by atoms with Crippen LogP contribution >= 0.6 is 11.3 Å². The van der Waals surface area contributed by atoms with E-state index in [1.165, 1.54) is 11.3 Å². The van der Waals surface area contributed by atoms with Gasteiger partial charge in [-0.05, 0) is 32.1 Å². The second kappa shape index (κ2) is 7.48. The first kappa shape index (κ1) is 15.9. The minimum absolute atomic E-state index is 0.206. The van der Waals surface area contributed by atoms with Gasteiger partial charge in [-0.15, -0.1) is 11.3 Å². The maximum Gasteiger partial charge on any atom is 0.250 e. The Morgan fingerprint density at radius 3 is 2.95 bits per heavy atom. The van der Waals surface area contributed by atoms with Crippen molar-refractivity contribution >= 4 is 21.4 Å². The van der Waals surface area contributed by atoms with Crippen molar-refractivity contribution in [2.24, 2.45) is 0 Å². The highest BCUT2D eigenvalue weighted by atomic mass is 32.2. The first-order valence-corrected chi connectivity index (χ1v) is 8.84. The lowest BCUT2D eigenvalue weighted by atomic mass is 10.3. The minimum atomic E-state index is -3.45. The summed E-state index contributed by atoms with van der Waals surface area (Å²) >= 11 is 1.30. The fourth-order valence-corrected chi connectivity index (χ4v) is 4.28. The van der Waals surface area contributed by atoms with Crippen LogP contribution in [0.1, 0.15) is 4.88 Å². The fourth-order valence-electron chi connectivity index (χ4n) is 1.81. The Balaban J connectivity index is 1.90. The van der Waals surface area contributed by atoms with Gasteiger partial charge in [-0.2, -0.15) is 0 Å². The van der Waals surface area contributed by atoms with Crippen LogP contribution in [0.4, 0.5) is 0 Å². The van der Waals surface area contributed by atoms with E-state index in [9.17, 15) is 8.42 Å². The van der Waals surface area contributed by atoms with Crippen LogP contribution in [0.25, 0.3) is 0 Å². The summed E-state index contributed by atoms with van der Waals surface area (Å²) in [7, 11) is -1.58. The number of likely N-dealkylation sites (N-methyl/N-ethyl adjacent to an activating group) is 1. The summed E-state index contributed by atoms with van der Waals surface area (Å²) in [5.41, 5.74) is 0. The molecule has 2 N–H and O–H groups in total. The summed E-state index contributed by atoms with van der Waals surface area (Å²) < 4.78 is 37.9. The fraction of sp³-hybridized carbons (Fsp3) is 0.667. The molecule has 1 aliphatic rings. The molecule has 114 valence electrons. The average molecular weight is 320 g/mol. The molecule has 0 bridgehead atoms. The normalized spacial score (nSPS) is 20.1. The van der Waals surface area contributed by atoms with Crippen LogP contribution in [-0.2, 0) is 25.9 Å². The summed E-state index contributed by atoms with van der Waals surface area (Å²) in [5.74, 6) is 0. The number of nitrogens with one attached hydrogen (secondary N) is 2. The average Bonchev–Trinajstić information content (AvgIpc) is 2.94. The summed E-state index contributed by atoms with van der Waals surface area (Å²) in [5, 5.41) is 3.04. The second-order valence-corrected chi connectivity index (χ2v) is 7.66. The number of rotatable bonds is 7. The van der Waals surface area contributed by atoms with Crippen molar-refractivity contribution in [2.75, 3.05) is 40.0 Å². The Labute approximate surface area is 123 Å². The van der Waals surface area contributed by atoms with Crippen molar-refractivity contribution in [3.63, 3.8) is 0 Å². The Morgan fingerprint density at radius 2 is 2.25 bits per heavy atom. The molecule has 0 spiro atoms. The number of ether oxygens (including phenoxy) is 2. The maximum absolute atomic E-state index is 12.1. The van der Waals surface area contributed by atoms with E-state index in [1.807, 2.05) is 13.1 Å². The van der Waals surface area contributed by atoms with E-state index >= 15 is 0 Å². The van der Waals surface area contributed by atoms with Crippen molar-refractivity contribution in [3.8, 4) is 0 Å². The minimum Gasteiger partial charge on any atom is -0.376 e. The highest BCUT2D eigenvalue weighted by molar-refractivity contribution is 7.91. The highest BCUT2D eigenvalue weighted by Crippen LogP contribution is 2.21. The highest BCUT2D eigenvalue weighted by Gasteiger charge is 2.21. The molecule has 1 saturated heterocycles. The summed E-state index contributed by atoms with van der Waals surface area (Å²) in [6.07, 6.45) is 0.623. The predicted octanol–water partition coefficient (Wildman–Crippen LogP) is 0.204.